The highest BCUT2D eigenvalue weighted by Crippen LogP contribution is 2.33. The van der Waals surface area contributed by atoms with Crippen molar-refractivity contribution >= 4 is 39.1 Å². The molecule has 0 atom stereocenters. The van der Waals surface area contributed by atoms with E-state index in [0.29, 0.717) is 11.7 Å². The van der Waals surface area contributed by atoms with Crippen molar-refractivity contribution < 1.29 is 4.79 Å². The van der Waals surface area contributed by atoms with Crippen LogP contribution in [0, 0.1) is 6.92 Å². The van der Waals surface area contributed by atoms with Crippen LogP contribution in [0.2, 0.25) is 5.15 Å². The molecule has 1 N–H and O–H groups in total. The summed E-state index contributed by atoms with van der Waals surface area (Å²) in [6, 6.07) is 12.7. The number of benzene rings is 1. The Kier molecular flexibility index (Phi) is 5.98. The summed E-state index contributed by atoms with van der Waals surface area (Å²) in [5, 5.41) is 4.51. The SMILES string of the molecule is Cc1c(C(=O)NCCc2ccc(C3CCCCC3)cc2)sc2nc(Cl)ccc12. The van der Waals surface area contributed by atoms with Crippen molar-refractivity contribution in [2.75, 3.05) is 6.54 Å². The molecule has 0 aliphatic heterocycles. The number of aromatic nitrogens is 1. The van der Waals surface area contributed by atoms with E-state index in [0.717, 1.165) is 33.0 Å². The monoisotopic (exact) mass is 412 g/mol. The van der Waals surface area contributed by atoms with Gasteiger partial charge in [-0.15, -0.1) is 11.3 Å². The zero-order valence-electron chi connectivity index (χ0n) is 16.1. The molecule has 1 fully saturated rings. The summed E-state index contributed by atoms with van der Waals surface area (Å²) in [6.45, 7) is 2.59. The number of amides is 1. The molecule has 1 amide bonds. The fraction of sp³-hybridized carbons (Fsp3) is 0.391. The Morgan fingerprint density at radius 2 is 1.89 bits per heavy atom. The Morgan fingerprint density at radius 3 is 2.64 bits per heavy atom. The number of carbonyl (C=O) groups excluding carboxylic acids is 1. The van der Waals surface area contributed by atoms with E-state index in [9.17, 15) is 4.79 Å². The van der Waals surface area contributed by atoms with Gasteiger partial charge in [0, 0.05) is 11.9 Å². The summed E-state index contributed by atoms with van der Waals surface area (Å²) >= 11 is 7.37. The van der Waals surface area contributed by atoms with Crippen LogP contribution in [0.3, 0.4) is 0 Å². The average Bonchev–Trinajstić information content (AvgIpc) is 3.05. The number of halogens is 1. The topological polar surface area (TPSA) is 42.0 Å². The Balaban J connectivity index is 1.34. The number of hydrogen-bond donors (Lipinski definition) is 1. The minimum Gasteiger partial charge on any atom is -0.351 e. The molecule has 2 heterocycles. The molecular formula is C23H25ClN2OS. The quantitative estimate of drug-likeness (QED) is 0.501. The molecule has 0 saturated heterocycles. The summed E-state index contributed by atoms with van der Waals surface area (Å²) in [4.78, 5) is 18.5. The number of fused-ring (bicyclic) bond motifs is 1. The third kappa shape index (κ3) is 4.23. The van der Waals surface area contributed by atoms with Crippen molar-refractivity contribution in [1.29, 1.82) is 0 Å². The number of carbonyl (C=O) groups is 1. The number of rotatable bonds is 5. The van der Waals surface area contributed by atoms with Gasteiger partial charge in [0.05, 0.1) is 4.88 Å². The van der Waals surface area contributed by atoms with E-state index in [4.69, 9.17) is 11.6 Å². The minimum atomic E-state index is -0.0320. The Morgan fingerprint density at radius 1 is 1.14 bits per heavy atom. The number of thiophene rings is 1. The smallest absolute Gasteiger partial charge is 0.261 e. The second-order valence-corrected chi connectivity index (χ2v) is 9.01. The molecule has 1 saturated carbocycles. The minimum absolute atomic E-state index is 0.0320. The molecule has 1 aromatic carbocycles. The van der Waals surface area contributed by atoms with E-state index in [1.807, 2.05) is 13.0 Å². The fourth-order valence-electron chi connectivity index (χ4n) is 4.09. The van der Waals surface area contributed by atoms with E-state index in [-0.39, 0.29) is 5.91 Å². The normalized spacial score (nSPS) is 15.1. The molecule has 28 heavy (non-hydrogen) atoms. The van der Waals surface area contributed by atoms with Crippen LogP contribution in [-0.4, -0.2) is 17.4 Å². The first-order valence-corrected chi connectivity index (χ1v) is 11.2. The zero-order chi connectivity index (χ0) is 19.5. The van der Waals surface area contributed by atoms with Gasteiger partial charge >= 0.3 is 0 Å². The molecule has 0 spiro atoms. The van der Waals surface area contributed by atoms with E-state index in [1.54, 1.807) is 6.07 Å². The molecule has 5 heteroatoms. The second-order valence-electron chi connectivity index (χ2n) is 7.63. The summed E-state index contributed by atoms with van der Waals surface area (Å²) in [6.07, 6.45) is 7.59. The van der Waals surface area contributed by atoms with Crippen LogP contribution in [0.5, 0.6) is 0 Å². The average molecular weight is 413 g/mol. The fourth-order valence-corrected chi connectivity index (χ4v) is 5.38. The number of nitrogens with one attached hydrogen (secondary N) is 1. The van der Waals surface area contributed by atoms with Gasteiger partial charge in [-0.2, -0.15) is 0 Å². The molecule has 3 aromatic rings. The first-order chi connectivity index (χ1) is 13.6. The highest BCUT2D eigenvalue weighted by atomic mass is 35.5. The zero-order valence-corrected chi connectivity index (χ0v) is 17.7. The predicted octanol–water partition coefficient (Wildman–Crippen LogP) is 6.28. The van der Waals surface area contributed by atoms with Crippen LogP contribution in [0.4, 0.5) is 0 Å². The maximum atomic E-state index is 12.6. The van der Waals surface area contributed by atoms with Gasteiger partial charge in [-0.05, 0) is 60.9 Å². The van der Waals surface area contributed by atoms with Crippen LogP contribution in [-0.2, 0) is 6.42 Å². The summed E-state index contributed by atoms with van der Waals surface area (Å²) in [5.41, 5.74) is 3.71. The van der Waals surface area contributed by atoms with Gasteiger partial charge in [0.25, 0.3) is 5.91 Å². The lowest BCUT2D eigenvalue weighted by Crippen LogP contribution is -2.25. The molecule has 0 radical (unpaired) electrons. The lowest BCUT2D eigenvalue weighted by molar-refractivity contribution is 0.0957. The first-order valence-electron chi connectivity index (χ1n) is 10.0. The van der Waals surface area contributed by atoms with Crippen LogP contribution in [0.1, 0.15) is 64.4 Å². The number of aryl methyl sites for hydroxylation is 1. The summed E-state index contributed by atoms with van der Waals surface area (Å²) in [7, 11) is 0. The van der Waals surface area contributed by atoms with Gasteiger partial charge in [0.1, 0.15) is 9.98 Å². The highest BCUT2D eigenvalue weighted by Gasteiger charge is 2.17. The third-order valence-corrected chi connectivity index (χ3v) is 7.14. The van der Waals surface area contributed by atoms with Crippen molar-refractivity contribution in [1.82, 2.24) is 10.3 Å². The van der Waals surface area contributed by atoms with Gasteiger partial charge in [-0.3, -0.25) is 4.79 Å². The molecule has 0 bridgehead atoms. The van der Waals surface area contributed by atoms with E-state index >= 15 is 0 Å². The lowest BCUT2D eigenvalue weighted by Gasteiger charge is -2.22. The predicted molar refractivity (Wildman–Crippen MR) is 118 cm³/mol. The van der Waals surface area contributed by atoms with Gasteiger partial charge in [0.2, 0.25) is 0 Å². The number of nitrogens with zero attached hydrogens (tertiary/aromatic N) is 1. The molecule has 2 aromatic heterocycles. The van der Waals surface area contributed by atoms with Crippen molar-refractivity contribution in [3.63, 3.8) is 0 Å². The van der Waals surface area contributed by atoms with Crippen LogP contribution >= 0.6 is 22.9 Å². The number of hydrogen-bond acceptors (Lipinski definition) is 3. The van der Waals surface area contributed by atoms with Crippen LogP contribution < -0.4 is 5.32 Å². The highest BCUT2D eigenvalue weighted by molar-refractivity contribution is 7.20. The van der Waals surface area contributed by atoms with E-state index in [2.05, 4.69) is 34.6 Å². The second kappa shape index (κ2) is 8.62. The van der Waals surface area contributed by atoms with Crippen molar-refractivity contribution in [3.05, 3.63) is 63.1 Å². The molecule has 1 aliphatic rings. The lowest BCUT2D eigenvalue weighted by atomic mass is 9.84. The van der Waals surface area contributed by atoms with Crippen molar-refractivity contribution in [2.24, 2.45) is 0 Å². The Bertz CT molecular complexity index is 974. The Labute approximate surface area is 175 Å². The molecule has 4 rings (SSSR count). The van der Waals surface area contributed by atoms with Gasteiger partial charge in [-0.25, -0.2) is 4.98 Å². The maximum absolute atomic E-state index is 12.6. The van der Waals surface area contributed by atoms with E-state index in [1.165, 1.54) is 54.6 Å². The van der Waals surface area contributed by atoms with Crippen LogP contribution in [0.15, 0.2) is 36.4 Å². The summed E-state index contributed by atoms with van der Waals surface area (Å²) < 4.78 is 0. The van der Waals surface area contributed by atoms with Crippen molar-refractivity contribution in [2.45, 2.75) is 51.4 Å². The molecule has 1 aliphatic carbocycles. The van der Waals surface area contributed by atoms with Gasteiger partial charge < -0.3 is 5.32 Å². The first kappa shape index (κ1) is 19.4. The summed E-state index contributed by atoms with van der Waals surface area (Å²) in [5.74, 6) is 0.705. The molecule has 146 valence electrons. The van der Waals surface area contributed by atoms with Gasteiger partial charge in [-0.1, -0.05) is 55.1 Å². The number of pyridine rings is 1. The third-order valence-electron chi connectivity index (χ3n) is 5.73. The van der Waals surface area contributed by atoms with E-state index < -0.39 is 0 Å². The standard InChI is InChI=1S/C23H25ClN2OS/c1-15-19-11-12-20(24)26-23(19)28-21(15)22(27)25-14-13-16-7-9-18(10-8-16)17-5-3-2-4-6-17/h7-12,17H,2-6,13-14H2,1H3,(H,25,27). The molecule has 0 unspecified atom stereocenters. The maximum Gasteiger partial charge on any atom is 0.261 e. The largest absolute Gasteiger partial charge is 0.351 e. The Hall–Kier alpha value is -1.91. The molecular weight excluding hydrogens is 388 g/mol. The molecule has 3 nitrogen and oxygen atoms in total. The van der Waals surface area contributed by atoms with Crippen molar-refractivity contribution in [3.8, 4) is 0 Å². The van der Waals surface area contributed by atoms with Crippen LogP contribution in [0.25, 0.3) is 10.2 Å². The van der Waals surface area contributed by atoms with Gasteiger partial charge in [0.15, 0.2) is 0 Å².